The van der Waals surface area contributed by atoms with Crippen LogP contribution < -0.4 is 16.4 Å². The Morgan fingerprint density at radius 3 is 2.47 bits per heavy atom. The van der Waals surface area contributed by atoms with E-state index in [-0.39, 0.29) is 16.9 Å². The van der Waals surface area contributed by atoms with Crippen molar-refractivity contribution in [2.45, 2.75) is 12.5 Å². The van der Waals surface area contributed by atoms with Gasteiger partial charge in [-0.05, 0) is 35.9 Å². The molecule has 0 saturated heterocycles. The average molecular weight is 476 g/mol. The summed E-state index contributed by atoms with van der Waals surface area (Å²) in [5.41, 5.74) is 5.56. The number of aliphatic hydroxyl groups excluding tert-OH is 1. The van der Waals surface area contributed by atoms with Gasteiger partial charge >= 0.3 is 12.1 Å². The van der Waals surface area contributed by atoms with Crippen LogP contribution in [0.3, 0.4) is 0 Å². The number of alkyl halides is 3. The summed E-state index contributed by atoms with van der Waals surface area (Å²) >= 11 is 0. The Labute approximate surface area is 188 Å². The molecule has 0 aliphatic rings. The van der Waals surface area contributed by atoms with Gasteiger partial charge in [0.25, 0.3) is 0 Å². The van der Waals surface area contributed by atoms with E-state index in [1.54, 1.807) is 0 Å². The van der Waals surface area contributed by atoms with Gasteiger partial charge in [0.1, 0.15) is 17.7 Å². The molecule has 176 valence electrons. The van der Waals surface area contributed by atoms with Gasteiger partial charge in [0.05, 0.1) is 16.8 Å². The highest BCUT2D eigenvalue weighted by molar-refractivity contribution is 6.04. The first-order valence-corrected chi connectivity index (χ1v) is 9.58. The van der Waals surface area contributed by atoms with Crippen molar-refractivity contribution in [1.29, 1.82) is 0 Å². The highest BCUT2D eigenvalue weighted by Crippen LogP contribution is 2.34. The topological polar surface area (TPSA) is 138 Å². The van der Waals surface area contributed by atoms with Crippen molar-refractivity contribution in [3.8, 4) is 11.1 Å². The lowest BCUT2D eigenvalue weighted by Gasteiger charge is -2.18. The van der Waals surface area contributed by atoms with Crippen LogP contribution in [0.25, 0.3) is 16.6 Å². The van der Waals surface area contributed by atoms with Crippen LogP contribution >= 0.6 is 0 Å². The third-order valence-electron chi connectivity index (χ3n) is 4.90. The lowest BCUT2D eigenvalue weighted by atomic mass is 10.0. The number of hydrogen-bond acceptors (Lipinski definition) is 7. The van der Waals surface area contributed by atoms with E-state index >= 15 is 0 Å². The number of carboxylic acid groups (broad SMARTS) is 1. The van der Waals surface area contributed by atoms with Gasteiger partial charge in [-0.25, -0.2) is 18.7 Å². The molecule has 0 bridgehead atoms. The summed E-state index contributed by atoms with van der Waals surface area (Å²) < 4.78 is 53.8. The number of aromatic carboxylic acids is 1. The van der Waals surface area contributed by atoms with Crippen molar-refractivity contribution in [1.82, 2.24) is 14.6 Å². The molecule has 0 radical (unpaired) electrons. The number of carboxylic acids is 1. The second-order valence-electron chi connectivity index (χ2n) is 7.12. The molecular weight excluding hydrogens is 460 g/mol. The fraction of sp³-hybridized carbons (Fsp3) is 0.0952. The molecule has 2 aromatic carbocycles. The number of benzene rings is 2. The summed E-state index contributed by atoms with van der Waals surface area (Å²) in [6.07, 6.45) is -3.83. The van der Waals surface area contributed by atoms with Crippen molar-refractivity contribution >= 4 is 28.7 Å². The standard InChI is InChI=1S/C21H16F4N6O3/c22-14-6-3-11(21(23,24)25)7-15(14)30-20(34)29-12-4-1-10(2-5-12)16-13(19(32)33)8-31-17(16)18(26)27-9-28-31/h1-9,20,29-30,34H,(H,32,33)(H2,26,27,28). The van der Waals surface area contributed by atoms with E-state index in [9.17, 15) is 32.6 Å². The van der Waals surface area contributed by atoms with Gasteiger partial charge < -0.3 is 26.6 Å². The zero-order chi connectivity index (χ0) is 24.6. The molecule has 6 N–H and O–H groups in total. The molecule has 34 heavy (non-hydrogen) atoms. The number of fused-ring (bicyclic) bond motifs is 1. The predicted molar refractivity (Wildman–Crippen MR) is 114 cm³/mol. The Bertz CT molecular complexity index is 1370. The maximum absolute atomic E-state index is 13.9. The minimum Gasteiger partial charge on any atom is -0.478 e. The molecule has 4 rings (SSSR count). The van der Waals surface area contributed by atoms with Crippen LogP contribution in [0.15, 0.2) is 55.0 Å². The molecule has 9 nitrogen and oxygen atoms in total. The first-order valence-electron chi connectivity index (χ1n) is 9.58. The van der Waals surface area contributed by atoms with E-state index in [0.717, 1.165) is 0 Å². The predicted octanol–water partition coefficient (Wildman–Crippen LogP) is 3.63. The fourth-order valence-corrected chi connectivity index (χ4v) is 3.38. The molecule has 0 fully saturated rings. The van der Waals surface area contributed by atoms with Crippen LogP contribution in [-0.4, -0.2) is 37.1 Å². The maximum Gasteiger partial charge on any atom is 0.416 e. The third kappa shape index (κ3) is 4.41. The molecule has 2 aromatic heterocycles. The van der Waals surface area contributed by atoms with Gasteiger partial charge in [0, 0.05) is 17.4 Å². The summed E-state index contributed by atoms with van der Waals surface area (Å²) in [5, 5.41) is 28.5. The van der Waals surface area contributed by atoms with Gasteiger partial charge in [-0.1, -0.05) is 12.1 Å². The van der Waals surface area contributed by atoms with Crippen LogP contribution in [0.1, 0.15) is 15.9 Å². The number of nitrogens with zero attached hydrogens (tertiary/aromatic N) is 3. The lowest BCUT2D eigenvalue weighted by molar-refractivity contribution is -0.137. The number of nitrogens with one attached hydrogen (secondary N) is 2. The first kappa shape index (κ1) is 22.8. The quantitative estimate of drug-likeness (QED) is 0.210. The van der Waals surface area contributed by atoms with Crippen molar-refractivity contribution in [3.05, 3.63) is 71.9 Å². The van der Waals surface area contributed by atoms with Gasteiger partial charge in [0.2, 0.25) is 6.35 Å². The van der Waals surface area contributed by atoms with Crippen molar-refractivity contribution < 1.29 is 32.6 Å². The molecule has 0 spiro atoms. The number of rotatable bonds is 6. The lowest BCUT2D eigenvalue weighted by Crippen LogP contribution is -2.28. The molecule has 0 saturated carbocycles. The van der Waals surface area contributed by atoms with E-state index in [4.69, 9.17) is 5.73 Å². The first-order chi connectivity index (χ1) is 16.0. The Kier molecular flexibility index (Phi) is 5.71. The Morgan fingerprint density at radius 2 is 1.82 bits per heavy atom. The van der Waals surface area contributed by atoms with E-state index < -0.39 is 35.6 Å². The maximum atomic E-state index is 13.9. The normalized spacial score (nSPS) is 12.5. The molecule has 0 amide bonds. The summed E-state index contributed by atoms with van der Waals surface area (Å²) in [5.74, 6) is -2.11. The third-order valence-corrected chi connectivity index (χ3v) is 4.90. The number of aromatic nitrogens is 3. The van der Waals surface area contributed by atoms with Gasteiger partial charge in [0.15, 0.2) is 5.82 Å². The SMILES string of the molecule is Nc1ncnn2cc(C(=O)O)c(-c3ccc(NC(O)Nc4cc(C(F)(F)F)ccc4F)cc3)c12. The minimum atomic E-state index is -4.68. The van der Waals surface area contributed by atoms with E-state index in [2.05, 4.69) is 20.7 Å². The van der Waals surface area contributed by atoms with Crippen molar-refractivity contribution in [2.75, 3.05) is 16.4 Å². The number of halogens is 4. The second kappa shape index (κ2) is 8.51. The van der Waals surface area contributed by atoms with Crippen molar-refractivity contribution in [3.63, 3.8) is 0 Å². The summed E-state index contributed by atoms with van der Waals surface area (Å²) in [6, 6.07) is 7.82. The van der Waals surface area contributed by atoms with Crippen LogP contribution in [0.2, 0.25) is 0 Å². The highest BCUT2D eigenvalue weighted by Gasteiger charge is 2.31. The van der Waals surface area contributed by atoms with E-state index in [1.165, 1.54) is 41.3 Å². The van der Waals surface area contributed by atoms with E-state index in [1.807, 2.05) is 0 Å². The van der Waals surface area contributed by atoms with Crippen LogP contribution in [0.5, 0.6) is 0 Å². The second-order valence-corrected chi connectivity index (χ2v) is 7.12. The smallest absolute Gasteiger partial charge is 0.416 e. The van der Waals surface area contributed by atoms with Crippen LogP contribution in [0, 0.1) is 5.82 Å². The molecule has 13 heteroatoms. The number of anilines is 3. The summed E-state index contributed by atoms with van der Waals surface area (Å²) in [4.78, 5) is 15.6. The summed E-state index contributed by atoms with van der Waals surface area (Å²) in [6.45, 7) is 0. The Morgan fingerprint density at radius 1 is 1.12 bits per heavy atom. The monoisotopic (exact) mass is 476 g/mol. The molecule has 0 aliphatic carbocycles. The zero-order valence-electron chi connectivity index (χ0n) is 17.0. The van der Waals surface area contributed by atoms with Crippen LogP contribution in [0.4, 0.5) is 34.8 Å². The van der Waals surface area contributed by atoms with Crippen LogP contribution in [-0.2, 0) is 6.18 Å². The average Bonchev–Trinajstić information content (AvgIpc) is 3.16. The van der Waals surface area contributed by atoms with Gasteiger partial charge in [-0.3, -0.25) is 0 Å². The number of nitrogen functional groups attached to an aromatic ring is 1. The Hall–Kier alpha value is -4.39. The molecular formula is C21H16F4N6O3. The Balaban J connectivity index is 1.57. The van der Waals surface area contributed by atoms with E-state index in [0.29, 0.717) is 35.0 Å². The zero-order valence-corrected chi connectivity index (χ0v) is 17.0. The number of nitrogens with two attached hydrogens (primary N) is 1. The number of carbonyl (C=O) groups is 1. The molecule has 1 unspecified atom stereocenters. The molecule has 2 heterocycles. The van der Waals surface area contributed by atoms with Gasteiger partial charge in [-0.15, -0.1) is 0 Å². The highest BCUT2D eigenvalue weighted by atomic mass is 19.4. The number of hydrogen-bond donors (Lipinski definition) is 5. The minimum absolute atomic E-state index is 0.0605. The van der Waals surface area contributed by atoms with Gasteiger partial charge in [-0.2, -0.15) is 18.3 Å². The van der Waals surface area contributed by atoms with Crippen molar-refractivity contribution in [2.24, 2.45) is 0 Å². The molecule has 4 aromatic rings. The number of aliphatic hydroxyl groups is 1. The fourth-order valence-electron chi connectivity index (χ4n) is 3.38. The largest absolute Gasteiger partial charge is 0.478 e. The molecule has 0 aliphatic heterocycles. The summed E-state index contributed by atoms with van der Waals surface area (Å²) in [7, 11) is 0. The molecule has 1 atom stereocenters.